The van der Waals surface area contributed by atoms with Crippen LogP contribution >= 0.6 is 0 Å². The average molecular weight is 241 g/mol. The second-order valence-electron chi connectivity index (χ2n) is 6.09. The van der Waals surface area contributed by atoms with Gasteiger partial charge in [0.2, 0.25) is 0 Å². The lowest BCUT2D eigenvalue weighted by Crippen LogP contribution is -2.35. The van der Waals surface area contributed by atoms with Crippen molar-refractivity contribution in [3.63, 3.8) is 0 Å². The fourth-order valence-electron chi connectivity index (χ4n) is 2.80. The molecule has 0 radical (unpaired) electrons. The molecule has 102 valence electrons. The molecule has 1 saturated carbocycles. The summed E-state index contributed by atoms with van der Waals surface area (Å²) in [6, 6.07) is 0. The summed E-state index contributed by atoms with van der Waals surface area (Å²) < 4.78 is 5.67. The molecule has 0 saturated heterocycles. The summed E-state index contributed by atoms with van der Waals surface area (Å²) >= 11 is 0. The van der Waals surface area contributed by atoms with Crippen LogP contribution in [0.5, 0.6) is 0 Å². The predicted octanol–water partition coefficient (Wildman–Crippen LogP) is 3.61. The molecule has 0 aliphatic heterocycles. The van der Waals surface area contributed by atoms with Crippen LogP contribution in [0, 0.1) is 11.3 Å². The Balaban J connectivity index is 2.24. The number of nitrogens with one attached hydrogen (secondary N) is 1. The van der Waals surface area contributed by atoms with Crippen LogP contribution in [-0.2, 0) is 4.74 Å². The summed E-state index contributed by atoms with van der Waals surface area (Å²) in [5.74, 6) is 0.754. The van der Waals surface area contributed by atoms with E-state index in [0.29, 0.717) is 5.41 Å². The van der Waals surface area contributed by atoms with Gasteiger partial charge in [-0.25, -0.2) is 0 Å². The molecule has 0 aromatic rings. The molecule has 0 bridgehead atoms. The third-order valence-electron chi connectivity index (χ3n) is 3.84. The summed E-state index contributed by atoms with van der Waals surface area (Å²) in [4.78, 5) is 0. The summed E-state index contributed by atoms with van der Waals surface area (Å²) in [6.07, 6.45) is 8.01. The molecule has 1 N–H and O–H groups in total. The molecule has 0 unspecified atom stereocenters. The highest BCUT2D eigenvalue weighted by molar-refractivity contribution is 4.86. The number of hydrogen-bond acceptors (Lipinski definition) is 2. The van der Waals surface area contributed by atoms with E-state index in [1.165, 1.54) is 38.6 Å². The van der Waals surface area contributed by atoms with Crippen LogP contribution < -0.4 is 5.32 Å². The third kappa shape index (κ3) is 5.87. The molecule has 0 heterocycles. The van der Waals surface area contributed by atoms with E-state index in [1.54, 1.807) is 0 Å². The van der Waals surface area contributed by atoms with Gasteiger partial charge in [0.25, 0.3) is 0 Å². The van der Waals surface area contributed by atoms with Crippen molar-refractivity contribution in [3.8, 4) is 0 Å². The van der Waals surface area contributed by atoms with Crippen LogP contribution in [0.2, 0.25) is 0 Å². The SMILES string of the molecule is CCCOCCC1(CNCC(C)C)CCCC1. The first-order valence-electron chi connectivity index (χ1n) is 7.47. The zero-order valence-corrected chi connectivity index (χ0v) is 12.1. The van der Waals surface area contributed by atoms with E-state index >= 15 is 0 Å². The van der Waals surface area contributed by atoms with Crippen LogP contribution in [-0.4, -0.2) is 26.3 Å². The van der Waals surface area contributed by atoms with E-state index in [1.807, 2.05) is 0 Å². The zero-order chi connectivity index (χ0) is 12.6. The Labute approximate surface area is 108 Å². The van der Waals surface area contributed by atoms with Crippen LogP contribution in [0.3, 0.4) is 0 Å². The second kappa shape index (κ2) is 8.10. The lowest BCUT2D eigenvalue weighted by molar-refractivity contribution is 0.0940. The van der Waals surface area contributed by atoms with Crippen molar-refractivity contribution in [2.45, 2.75) is 59.3 Å². The minimum Gasteiger partial charge on any atom is -0.381 e. The fourth-order valence-corrected chi connectivity index (χ4v) is 2.80. The van der Waals surface area contributed by atoms with Gasteiger partial charge in [-0.15, -0.1) is 0 Å². The van der Waals surface area contributed by atoms with Crippen LogP contribution in [0.15, 0.2) is 0 Å². The molecule has 1 aliphatic rings. The summed E-state index contributed by atoms with van der Waals surface area (Å²) in [6.45, 7) is 11.0. The van der Waals surface area contributed by atoms with Crippen molar-refractivity contribution < 1.29 is 4.74 Å². The summed E-state index contributed by atoms with van der Waals surface area (Å²) in [7, 11) is 0. The van der Waals surface area contributed by atoms with Gasteiger partial charge in [0.05, 0.1) is 0 Å². The Morgan fingerprint density at radius 3 is 2.47 bits per heavy atom. The molecule has 0 aromatic carbocycles. The molecule has 17 heavy (non-hydrogen) atoms. The quantitative estimate of drug-likeness (QED) is 0.623. The monoisotopic (exact) mass is 241 g/mol. The maximum atomic E-state index is 5.67. The highest BCUT2D eigenvalue weighted by atomic mass is 16.5. The van der Waals surface area contributed by atoms with Crippen LogP contribution in [0.25, 0.3) is 0 Å². The predicted molar refractivity (Wildman–Crippen MR) is 74.3 cm³/mol. The van der Waals surface area contributed by atoms with Crippen molar-refractivity contribution in [3.05, 3.63) is 0 Å². The number of rotatable bonds is 9. The first-order chi connectivity index (χ1) is 8.18. The molecule has 0 aromatic heterocycles. The zero-order valence-electron chi connectivity index (χ0n) is 12.1. The van der Waals surface area contributed by atoms with Gasteiger partial charge in [-0.05, 0) is 43.6 Å². The molecule has 2 heteroatoms. The average Bonchev–Trinajstić information content (AvgIpc) is 2.73. The van der Waals surface area contributed by atoms with Gasteiger partial charge in [-0.2, -0.15) is 0 Å². The molecule has 2 nitrogen and oxygen atoms in total. The standard InChI is InChI=1S/C15H31NO/c1-4-10-17-11-9-15(7-5-6-8-15)13-16-12-14(2)3/h14,16H,4-13H2,1-3H3. The number of hydrogen-bond donors (Lipinski definition) is 1. The van der Waals surface area contributed by atoms with Gasteiger partial charge in [-0.3, -0.25) is 0 Å². The molecular formula is C15H31NO. The summed E-state index contributed by atoms with van der Waals surface area (Å²) in [5.41, 5.74) is 0.544. The van der Waals surface area contributed by atoms with Crippen molar-refractivity contribution in [2.75, 3.05) is 26.3 Å². The Bertz CT molecular complexity index is 185. The Morgan fingerprint density at radius 2 is 1.88 bits per heavy atom. The lowest BCUT2D eigenvalue weighted by Gasteiger charge is -2.29. The van der Waals surface area contributed by atoms with Gasteiger partial charge in [0, 0.05) is 19.8 Å². The smallest absolute Gasteiger partial charge is 0.0471 e. The van der Waals surface area contributed by atoms with Gasteiger partial charge < -0.3 is 10.1 Å². The molecule has 1 fully saturated rings. The van der Waals surface area contributed by atoms with Gasteiger partial charge in [0.15, 0.2) is 0 Å². The lowest BCUT2D eigenvalue weighted by atomic mass is 9.83. The molecule has 1 rings (SSSR count). The Morgan fingerprint density at radius 1 is 1.18 bits per heavy atom. The first kappa shape index (κ1) is 15.0. The largest absolute Gasteiger partial charge is 0.381 e. The molecule has 0 atom stereocenters. The summed E-state index contributed by atoms with van der Waals surface area (Å²) in [5, 5.41) is 3.65. The highest BCUT2D eigenvalue weighted by Gasteiger charge is 2.32. The maximum Gasteiger partial charge on any atom is 0.0471 e. The van der Waals surface area contributed by atoms with Gasteiger partial charge >= 0.3 is 0 Å². The van der Waals surface area contributed by atoms with Gasteiger partial charge in [-0.1, -0.05) is 33.6 Å². The van der Waals surface area contributed by atoms with Crippen molar-refractivity contribution in [1.82, 2.24) is 5.32 Å². The Hall–Kier alpha value is -0.0800. The fraction of sp³-hybridized carbons (Fsp3) is 1.00. The minimum atomic E-state index is 0.544. The minimum absolute atomic E-state index is 0.544. The molecule has 1 aliphatic carbocycles. The van der Waals surface area contributed by atoms with Crippen LogP contribution in [0.4, 0.5) is 0 Å². The molecular weight excluding hydrogens is 210 g/mol. The number of ether oxygens (including phenoxy) is 1. The van der Waals surface area contributed by atoms with Crippen molar-refractivity contribution >= 4 is 0 Å². The maximum absolute atomic E-state index is 5.67. The normalized spacial score (nSPS) is 19.1. The van der Waals surface area contributed by atoms with Crippen molar-refractivity contribution in [1.29, 1.82) is 0 Å². The first-order valence-corrected chi connectivity index (χ1v) is 7.47. The van der Waals surface area contributed by atoms with E-state index in [-0.39, 0.29) is 0 Å². The third-order valence-corrected chi connectivity index (χ3v) is 3.84. The second-order valence-corrected chi connectivity index (χ2v) is 6.09. The van der Waals surface area contributed by atoms with E-state index in [9.17, 15) is 0 Å². The van der Waals surface area contributed by atoms with E-state index < -0.39 is 0 Å². The van der Waals surface area contributed by atoms with Crippen molar-refractivity contribution in [2.24, 2.45) is 11.3 Å². The van der Waals surface area contributed by atoms with E-state index in [2.05, 4.69) is 26.1 Å². The van der Waals surface area contributed by atoms with E-state index in [0.717, 1.165) is 32.1 Å². The molecule has 0 amide bonds. The van der Waals surface area contributed by atoms with Gasteiger partial charge in [0.1, 0.15) is 0 Å². The van der Waals surface area contributed by atoms with E-state index in [4.69, 9.17) is 4.74 Å². The highest BCUT2D eigenvalue weighted by Crippen LogP contribution is 2.40. The Kier molecular flexibility index (Phi) is 7.14. The van der Waals surface area contributed by atoms with Crippen LogP contribution in [0.1, 0.15) is 59.3 Å². The molecule has 0 spiro atoms. The topological polar surface area (TPSA) is 21.3 Å².